The number of aromatic nitrogens is 5. The average molecular weight is 244 g/mol. The topological polar surface area (TPSA) is 69.6 Å². The van der Waals surface area contributed by atoms with E-state index in [0.29, 0.717) is 17.8 Å². The molecule has 6 nitrogen and oxygen atoms in total. The largest absolute Gasteiger partial charge is 0.338 e. The molecule has 0 atom stereocenters. The Hall–Kier alpha value is -1.24. The molecule has 13 heavy (non-hydrogen) atoms. The van der Waals surface area contributed by atoms with Crippen LogP contribution in [-0.2, 0) is 11.9 Å². The summed E-state index contributed by atoms with van der Waals surface area (Å²) in [6, 6.07) is 0. The van der Waals surface area contributed by atoms with Gasteiger partial charge in [-0.1, -0.05) is 26.3 Å². The van der Waals surface area contributed by atoms with Crippen LogP contribution in [0.25, 0.3) is 0 Å². The fourth-order valence-electron chi connectivity index (χ4n) is 0.881. The molecule has 0 fully saturated rings. The van der Waals surface area contributed by atoms with Gasteiger partial charge in [0.25, 0.3) is 0 Å². The van der Waals surface area contributed by atoms with Crippen molar-refractivity contribution in [3.8, 4) is 0 Å². The lowest BCUT2D eigenvalue weighted by molar-refractivity contribution is 0.363. The lowest BCUT2D eigenvalue weighted by Crippen LogP contribution is -2.00. The van der Waals surface area contributed by atoms with Gasteiger partial charge in [-0.3, -0.25) is 0 Å². The van der Waals surface area contributed by atoms with Crippen LogP contribution in [0.15, 0.2) is 17.0 Å². The Balaban J connectivity index is 2.10. The van der Waals surface area contributed by atoms with Gasteiger partial charge < -0.3 is 4.52 Å². The Morgan fingerprint density at radius 3 is 3.08 bits per heavy atom. The SMILES string of the molecule is BrCc1cn(Cc2ncno2)nn1. The molecule has 0 saturated heterocycles. The van der Waals surface area contributed by atoms with Crippen LogP contribution in [-0.4, -0.2) is 25.1 Å². The Kier molecular flexibility index (Phi) is 2.35. The standard InChI is InChI=1S/C6H6BrN5O/c7-1-5-2-12(11-10-5)3-6-8-4-9-13-6/h2,4H,1,3H2. The zero-order valence-electron chi connectivity index (χ0n) is 6.59. The summed E-state index contributed by atoms with van der Waals surface area (Å²) in [5.41, 5.74) is 0.875. The summed E-state index contributed by atoms with van der Waals surface area (Å²) in [7, 11) is 0. The molecule has 0 radical (unpaired) electrons. The summed E-state index contributed by atoms with van der Waals surface area (Å²) in [5, 5.41) is 11.9. The first-order valence-electron chi connectivity index (χ1n) is 3.59. The zero-order valence-corrected chi connectivity index (χ0v) is 8.18. The number of halogens is 1. The van der Waals surface area contributed by atoms with Gasteiger partial charge in [0.2, 0.25) is 5.89 Å². The molecule has 0 spiro atoms. The van der Waals surface area contributed by atoms with Crippen LogP contribution in [0.3, 0.4) is 0 Å². The molecule has 0 aliphatic heterocycles. The summed E-state index contributed by atoms with van der Waals surface area (Å²) in [6.07, 6.45) is 3.18. The van der Waals surface area contributed by atoms with Crippen LogP contribution < -0.4 is 0 Å². The maximum Gasteiger partial charge on any atom is 0.248 e. The van der Waals surface area contributed by atoms with Crippen LogP contribution >= 0.6 is 15.9 Å². The summed E-state index contributed by atoms with van der Waals surface area (Å²) >= 11 is 3.28. The lowest BCUT2D eigenvalue weighted by atomic mass is 10.5. The number of hydrogen-bond acceptors (Lipinski definition) is 5. The van der Waals surface area contributed by atoms with Crippen molar-refractivity contribution in [2.24, 2.45) is 0 Å². The average Bonchev–Trinajstić information content (AvgIpc) is 2.76. The third-order valence-corrected chi connectivity index (χ3v) is 2.00. The highest BCUT2D eigenvalue weighted by Gasteiger charge is 2.03. The van der Waals surface area contributed by atoms with Gasteiger partial charge >= 0.3 is 0 Å². The highest BCUT2D eigenvalue weighted by Crippen LogP contribution is 2.01. The first kappa shape index (κ1) is 8.36. The van der Waals surface area contributed by atoms with E-state index in [4.69, 9.17) is 4.52 Å². The predicted octanol–water partition coefficient (Wildman–Crippen LogP) is 0.604. The lowest BCUT2D eigenvalue weighted by Gasteiger charge is -1.91. The molecule has 0 bridgehead atoms. The van der Waals surface area contributed by atoms with Gasteiger partial charge in [-0.2, -0.15) is 4.98 Å². The molecule has 0 amide bonds. The molecule has 0 aromatic carbocycles. The first-order valence-corrected chi connectivity index (χ1v) is 4.71. The molecule has 2 aromatic rings. The van der Waals surface area contributed by atoms with E-state index in [2.05, 4.69) is 36.4 Å². The normalized spacial score (nSPS) is 10.5. The molecule has 0 aliphatic rings. The van der Waals surface area contributed by atoms with Gasteiger partial charge in [-0.05, 0) is 0 Å². The minimum Gasteiger partial charge on any atom is -0.338 e. The van der Waals surface area contributed by atoms with Gasteiger partial charge in [-0.15, -0.1) is 5.10 Å². The molecule has 68 valence electrons. The van der Waals surface area contributed by atoms with E-state index in [0.717, 1.165) is 5.69 Å². The third-order valence-electron chi connectivity index (χ3n) is 1.43. The quantitative estimate of drug-likeness (QED) is 0.739. The summed E-state index contributed by atoms with van der Waals surface area (Å²) < 4.78 is 6.46. The number of rotatable bonds is 3. The van der Waals surface area contributed by atoms with Gasteiger partial charge in [0, 0.05) is 11.5 Å². The summed E-state index contributed by atoms with van der Waals surface area (Å²) in [6.45, 7) is 0.458. The highest BCUT2D eigenvalue weighted by atomic mass is 79.9. The van der Waals surface area contributed by atoms with Crippen molar-refractivity contribution in [2.45, 2.75) is 11.9 Å². The van der Waals surface area contributed by atoms with E-state index in [1.165, 1.54) is 6.33 Å². The van der Waals surface area contributed by atoms with Crippen molar-refractivity contribution in [3.63, 3.8) is 0 Å². The molecular weight excluding hydrogens is 238 g/mol. The Morgan fingerprint density at radius 2 is 2.46 bits per heavy atom. The second-order valence-electron chi connectivity index (χ2n) is 2.38. The molecule has 2 rings (SSSR count). The molecule has 0 N–H and O–H groups in total. The van der Waals surface area contributed by atoms with Crippen molar-refractivity contribution in [2.75, 3.05) is 0 Å². The third kappa shape index (κ3) is 1.92. The van der Waals surface area contributed by atoms with Crippen molar-refractivity contribution in [3.05, 3.63) is 24.1 Å². The molecule has 0 saturated carbocycles. The van der Waals surface area contributed by atoms with E-state index >= 15 is 0 Å². The second kappa shape index (κ2) is 3.65. The molecular formula is C6H6BrN5O. The van der Waals surface area contributed by atoms with Crippen LogP contribution in [0.5, 0.6) is 0 Å². The van der Waals surface area contributed by atoms with Gasteiger partial charge in [0.1, 0.15) is 6.54 Å². The summed E-state index contributed by atoms with van der Waals surface area (Å²) in [5.74, 6) is 0.519. The van der Waals surface area contributed by atoms with E-state index in [1.54, 1.807) is 4.68 Å². The highest BCUT2D eigenvalue weighted by molar-refractivity contribution is 9.08. The predicted molar refractivity (Wildman–Crippen MR) is 46.1 cm³/mol. The minimum atomic E-state index is 0.458. The number of alkyl halides is 1. The van der Waals surface area contributed by atoms with Crippen LogP contribution in [0.1, 0.15) is 11.6 Å². The zero-order chi connectivity index (χ0) is 9.10. The van der Waals surface area contributed by atoms with Crippen LogP contribution in [0, 0.1) is 0 Å². The van der Waals surface area contributed by atoms with Crippen molar-refractivity contribution in [1.29, 1.82) is 0 Å². The van der Waals surface area contributed by atoms with Gasteiger partial charge in [0.05, 0.1) is 5.69 Å². The number of hydrogen-bond donors (Lipinski definition) is 0. The molecule has 2 heterocycles. The maximum absolute atomic E-state index is 4.82. The summed E-state index contributed by atoms with van der Waals surface area (Å²) in [4.78, 5) is 3.87. The Labute approximate surface area is 82.1 Å². The maximum atomic E-state index is 4.82. The van der Waals surface area contributed by atoms with Crippen molar-refractivity contribution in [1.82, 2.24) is 25.1 Å². The van der Waals surface area contributed by atoms with Crippen molar-refractivity contribution >= 4 is 15.9 Å². The smallest absolute Gasteiger partial charge is 0.248 e. The van der Waals surface area contributed by atoms with E-state index in [1.807, 2.05) is 6.20 Å². The van der Waals surface area contributed by atoms with E-state index in [-0.39, 0.29) is 0 Å². The van der Waals surface area contributed by atoms with Gasteiger partial charge in [0.15, 0.2) is 6.33 Å². The number of nitrogens with zero attached hydrogens (tertiary/aromatic N) is 5. The second-order valence-corrected chi connectivity index (χ2v) is 2.94. The fourth-order valence-corrected chi connectivity index (χ4v) is 1.14. The molecule has 2 aromatic heterocycles. The molecule has 7 heteroatoms. The van der Waals surface area contributed by atoms with E-state index in [9.17, 15) is 0 Å². The van der Waals surface area contributed by atoms with E-state index < -0.39 is 0 Å². The molecule has 0 aliphatic carbocycles. The first-order chi connectivity index (χ1) is 6.38. The van der Waals surface area contributed by atoms with Gasteiger partial charge in [-0.25, -0.2) is 4.68 Å². The van der Waals surface area contributed by atoms with Crippen LogP contribution in [0.2, 0.25) is 0 Å². The molecule has 0 unspecified atom stereocenters. The fraction of sp³-hybridized carbons (Fsp3) is 0.333. The van der Waals surface area contributed by atoms with Crippen LogP contribution in [0.4, 0.5) is 0 Å². The minimum absolute atomic E-state index is 0.458. The monoisotopic (exact) mass is 243 g/mol. The Morgan fingerprint density at radius 1 is 1.54 bits per heavy atom. The van der Waals surface area contributed by atoms with Crippen molar-refractivity contribution < 1.29 is 4.52 Å². The Bertz CT molecular complexity index is 370.